The van der Waals surface area contributed by atoms with Crippen LogP contribution in [0.2, 0.25) is 0 Å². The van der Waals surface area contributed by atoms with Gasteiger partial charge in [-0.2, -0.15) is 0 Å². The van der Waals surface area contributed by atoms with Gasteiger partial charge in [0.15, 0.2) is 0 Å². The lowest BCUT2D eigenvalue weighted by atomic mass is 10.2. The van der Waals surface area contributed by atoms with Gasteiger partial charge in [0.05, 0.1) is 5.56 Å². The predicted octanol–water partition coefficient (Wildman–Crippen LogP) is 3.54. The van der Waals surface area contributed by atoms with E-state index in [2.05, 4.69) is 15.0 Å². The molecule has 0 saturated carbocycles. The molecule has 1 aromatic heterocycles. The zero-order chi connectivity index (χ0) is 15.5. The number of rotatable bonds is 3. The summed E-state index contributed by atoms with van der Waals surface area (Å²) in [7, 11) is 0. The smallest absolute Gasteiger partial charge is 0.406 e. The second kappa shape index (κ2) is 5.82. The lowest BCUT2D eigenvalue weighted by Gasteiger charge is -2.10. The third kappa shape index (κ3) is 4.48. The number of carbonyl (C=O) groups is 1. The van der Waals surface area contributed by atoms with Crippen molar-refractivity contribution in [3.05, 3.63) is 53.9 Å². The zero-order valence-electron chi connectivity index (χ0n) is 10.9. The number of hydrogen-bond acceptors (Lipinski definition) is 3. The number of nitrogens with zero attached hydrogens (tertiary/aromatic N) is 1. The Hall–Kier alpha value is -2.57. The Morgan fingerprint density at radius 3 is 2.33 bits per heavy atom. The number of pyridine rings is 1. The molecule has 1 amide bonds. The first kappa shape index (κ1) is 14.8. The molecule has 1 heterocycles. The Morgan fingerprint density at radius 2 is 1.81 bits per heavy atom. The number of benzene rings is 1. The molecule has 0 aliphatic rings. The normalized spacial score (nSPS) is 11.0. The quantitative estimate of drug-likeness (QED) is 0.942. The van der Waals surface area contributed by atoms with E-state index in [0.29, 0.717) is 11.3 Å². The minimum absolute atomic E-state index is 0.350. The second-order valence-electron chi connectivity index (χ2n) is 4.21. The molecule has 2 rings (SSSR count). The molecule has 0 spiro atoms. The maximum absolute atomic E-state index is 12.0. The highest BCUT2D eigenvalue weighted by atomic mass is 19.4. The topological polar surface area (TPSA) is 51.2 Å². The van der Waals surface area contributed by atoms with Crippen molar-refractivity contribution in [2.24, 2.45) is 0 Å². The summed E-state index contributed by atoms with van der Waals surface area (Å²) < 4.78 is 39.8. The Kier molecular flexibility index (Phi) is 4.11. The van der Waals surface area contributed by atoms with Crippen molar-refractivity contribution in [1.82, 2.24) is 4.98 Å². The summed E-state index contributed by atoms with van der Waals surface area (Å²) in [6.45, 7) is 1.79. The van der Waals surface area contributed by atoms with Crippen molar-refractivity contribution in [3.63, 3.8) is 0 Å². The van der Waals surface area contributed by atoms with Crippen molar-refractivity contribution in [2.75, 3.05) is 5.32 Å². The molecule has 110 valence electrons. The number of aryl methyl sites for hydroxylation is 1. The van der Waals surface area contributed by atoms with Gasteiger partial charge < -0.3 is 10.1 Å². The maximum Gasteiger partial charge on any atom is 0.573 e. The molecule has 0 saturated heterocycles. The van der Waals surface area contributed by atoms with Crippen LogP contribution in [-0.2, 0) is 0 Å². The SMILES string of the molecule is Cc1ccc(C(=O)Nc2ccc(OC(F)(F)F)cc2)cn1. The van der Waals surface area contributed by atoms with E-state index in [1.54, 1.807) is 19.1 Å². The van der Waals surface area contributed by atoms with E-state index in [1.165, 1.54) is 18.3 Å². The van der Waals surface area contributed by atoms with Crippen LogP contribution < -0.4 is 10.1 Å². The monoisotopic (exact) mass is 296 g/mol. The summed E-state index contributed by atoms with van der Waals surface area (Å²) in [5, 5.41) is 2.55. The van der Waals surface area contributed by atoms with Crippen molar-refractivity contribution >= 4 is 11.6 Å². The van der Waals surface area contributed by atoms with Crippen LogP contribution in [0.3, 0.4) is 0 Å². The van der Waals surface area contributed by atoms with Gasteiger partial charge in [0.1, 0.15) is 5.75 Å². The summed E-state index contributed by atoms with van der Waals surface area (Å²) in [6, 6.07) is 8.18. The van der Waals surface area contributed by atoms with Crippen LogP contribution in [0.4, 0.5) is 18.9 Å². The minimum Gasteiger partial charge on any atom is -0.406 e. The van der Waals surface area contributed by atoms with Crippen LogP contribution in [0.15, 0.2) is 42.6 Å². The molecule has 4 nitrogen and oxygen atoms in total. The molecule has 1 N–H and O–H groups in total. The van der Waals surface area contributed by atoms with Gasteiger partial charge in [-0.25, -0.2) is 0 Å². The third-order valence-electron chi connectivity index (χ3n) is 2.52. The fourth-order valence-corrected chi connectivity index (χ4v) is 1.55. The largest absolute Gasteiger partial charge is 0.573 e. The van der Waals surface area contributed by atoms with Gasteiger partial charge in [0.25, 0.3) is 5.91 Å². The summed E-state index contributed by atoms with van der Waals surface area (Å²) in [5.41, 5.74) is 1.49. The molecule has 7 heteroatoms. The number of carbonyl (C=O) groups excluding carboxylic acids is 1. The number of ether oxygens (including phenoxy) is 1. The Balaban J connectivity index is 2.03. The van der Waals surface area contributed by atoms with E-state index < -0.39 is 12.3 Å². The number of nitrogens with one attached hydrogen (secondary N) is 1. The Morgan fingerprint density at radius 1 is 1.14 bits per heavy atom. The van der Waals surface area contributed by atoms with Gasteiger partial charge >= 0.3 is 6.36 Å². The number of alkyl halides is 3. The highest BCUT2D eigenvalue weighted by Gasteiger charge is 2.30. The fraction of sp³-hybridized carbons (Fsp3) is 0.143. The van der Waals surface area contributed by atoms with E-state index in [4.69, 9.17) is 0 Å². The van der Waals surface area contributed by atoms with E-state index in [0.717, 1.165) is 17.8 Å². The second-order valence-corrected chi connectivity index (χ2v) is 4.21. The van der Waals surface area contributed by atoms with Crippen LogP contribution in [0.5, 0.6) is 5.75 Å². The average Bonchev–Trinajstić information content (AvgIpc) is 2.40. The molecule has 0 atom stereocenters. The Labute approximate surface area is 118 Å². The molecule has 0 radical (unpaired) electrons. The molecule has 0 aliphatic carbocycles. The Bertz CT molecular complexity index is 622. The van der Waals surface area contributed by atoms with Crippen molar-refractivity contribution in [3.8, 4) is 5.75 Å². The molecular weight excluding hydrogens is 285 g/mol. The number of hydrogen-bond donors (Lipinski definition) is 1. The first-order valence-electron chi connectivity index (χ1n) is 5.93. The van der Waals surface area contributed by atoms with Gasteiger partial charge in [0, 0.05) is 17.6 Å². The number of aromatic nitrogens is 1. The fourth-order valence-electron chi connectivity index (χ4n) is 1.55. The summed E-state index contributed by atoms with van der Waals surface area (Å²) in [6.07, 6.45) is -3.32. The summed E-state index contributed by atoms with van der Waals surface area (Å²) in [5.74, 6) is -0.746. The van der Waals surface area contributed by atoms with Gasteiger partial charge in [-0.05, 0) is 43.3 Å². The number of anilines is 1. The lowest BCUT2D eigenvalue weighted by Crippen LogP contribution is -2.17. The first-order chi connectivity index (χ1) is 9.83. The van der Waals surface area contributed by atoms with Crippen molar-refractivity contribution < 1.29 is 22.7 Å². The molecule has 0 unspecified atom stereocenters. The standard InChI is InChI=1S/C14H11F3N2O2/c1-9-2-3-10(8-18-9)13(20)19-11-4-6-12(7-5-11)21-14(15,16)17/h2-8H,1H3,(H,19,20). The van der Waals surface area contributed by atoms with Crippen LogP contribution >= 0.6 is 0 Å². The van der Waals surface area contributed by atoms with Gasteiger partial charge in [-0.1, -0.05) is 0 Å². The number of halogens is 3. The third-order valence-corrected chi connectivity index (χ3v) is 2.52. The average molecular weight is 296 g/mol. The molecule has 0 aliphatic heterocycles. The zero-order valence-corrected chi connectivity index (χ0v) is 10.9. The molecule has 0 fully saturated rings. The van der Waals surface area contributed by atoms with E-state index >= 15 is 0 Å². The van der Waals surface area contributed by atoms with E-state index in [1.807, 2.05) is 0 Å². The number of amides is 1. The highest BCUT2D eigenvalue weighted by Crippen LogP contribution is 2.24. The molecule has 1 aromatic carbocycles. The van der Waals surface area contributed by atoms with Crippen molar-refractivity contribution in [2.45, 2.75) is 13.3 Å². The van der Waals surface area contributed by atoms with Gasteiger partial charge in [-0.3, -0.25) is 9.78 Å². The van der Waals surface area contributed by atoms with Crippen LogP contribution in [0.1, 0.15) is 16.1 Å². The van der Waals surface area contributed by atoms with Crippen molar-refractivity contribution in [1.29, 1.82) is 0 Å². The summed E-state index contributed by atoms with van der Waals surface area (Å²) >= 11 is 0. The maximum atomic E-state index is 12.0. The lowest BCUT2D eigenvalue weighted by molar-refractivity contribution is -0.274. The van der Waals surface area contributed by atoms with Crippen LogP contribution in [0, 0.1) is 6.92 Å². The van der Waals surface area contributed by atoms with Gasteiger partial charge in [0.2, 0.25) is 0 Å². The molecule has 2 aromatic rings. The molecule has 0 bridgehead atoms. The van der Waals surface area contributed by atoms with Crippen LogP contribution in [-0.4, -0.2) is 17.3 Å². The summed E-state index contributed by atoms with van der Waals surface area (Å²) in [4.78, 5) is 15.9. The minimum atomic E-state index is -4.74. The highest BCUT2D eigenvalue weighted by molar-refractivity contribution is 6.04. The molecule has 21 heavy (non-hydrogen) atoms. The first-order valence-corrected chi connectivity index (χ1v) is 5.93. The predicted molar refractivity (Wildman–Crippen MR) is 70.1 cm³/mol. The molecular formula is C14H11F3N2O2. The van der Waals surface area contributed by atoms with E-state index in [-0.39, 0.29) is 5.75 Å². The van der Waals surface area contributed by atoms with E-state index in [9.17, 15) is 18.0 Å². The van der Waals surface area contributed by atoms with Crippen LogP contribution in [0.25, 0.3) is 0 Å². The van der Waals surface area contributed by atoms with Gasteiger partial charge in [-0.15, -0.1) is 13.2 Å².